The van der Waals surface area contributed by atoms with Crippen LogP contribution < -0.4 is 5.32 Å². The molecular weight excluding hydrogens is 274 g/mol. The molecule has 5 nitrogen and oxygen atoms in total. The number of carbonyl (C=O) groups excluding carboxylic acids is 1. The van der Waals surface area contributed by atoms with Crippen LogP contribution in [-0.2, 0) is 4.74 Å². The molecule has 1 fully saturated rings. The van der Waals surface area contributed by atoms with E-state index < -0.39 is 0 Å². The number of urea groups is 1. The van der Waals surface area contributed by atoms with Crippen molar-refractivity contribution in [1.29, 1.82) is 0 Å². The molecule has 1 saturated heterocycles. The van der Waals surface area contributed by atoms with Gasteiger partial charge in [0, 0.05) is 17.6 Å². The summed E-state index contributed by atoms with van der Waals surface area (Å²) < 4.78 is 5.76. The summed E-state index contributed by atoms with van der Waals surface area (Å²) in [5.41, 5.74) is -0.226. The van der Waals surface area contributed by atoms with Crippen LogP contribution in [-0.4, -0.2) is 41.2 Å². The van der Waals surface area contributed by atoms with Crippen molar-refractivity contribution >= 4 is 17.4 Å². The average Bonchev–Trinajstić information content (AvgIpc) is 2.85. The third kappa shape index (κ3) is 3.49. The highest BCUT2D eigenvalue weighted by molar-refractivity contribution is 7.11. The number of aromatic nitrogens is 1. The van der Waals surface area contributed by atoms with E-state index >= 15 is 0 Å². The van der Waals surface area contributed by atoms with E-state index in [1.807, 2.05) is 24.9 Å². The number of rotatable bonds is 3. The monoisotopic (exact) mass is 297 g/mol. The summed E-state index contributed by atoms with van der Waals surface area (Å²) in [4.78, 5) is 19.6. The number of thiazole rings is 1. The predicted molar refractivity (Wildman–Crippen MR) is 80.0 cm³/mol. The van der Waals surface area contributed by atoms with E-state index in [1.54, 1.807) is 11.3 Å². The first-order valence-electron chi connectivity index (χ1n) is 7.05. The summed E-state index contributed by atoms with van der Waals surface area (Å²) in [6.45, 7) is 10.0. The first-order valence-corrected chi connectivity index (χ1v) is 7.87. The Bertz CT molecular complexity index is 477. The molecule has 0 aromatic carbocycles. The molecule has 1 aliphatic heterocycles. The second kappa shape index (κ2) is 6.10. The highest BCUT2D eigenvalue weighted by Crippen LogP contribution is 2.22. The van der Waals surface area contributed by atoms with Gasteiger partial charge in [0.15, 0.2) is 0 Å². The highest BCUT2D eigenvalue weighted by atomic mass is 32.1. The number of carbonyl (C=O) groups is 1. The fourth-order valence-corrected chi connectivity index (χ4v) is 3.00. The van der Waals surface area contributed by atoms with Gasteiger partial charge >= 0.3 is 6.03 Å². The van der Waals surface area contributed by atoms with Crippen molar-refractivity contribution in [2.24, 2.45) is 0 Å². The molecule has 1 aromatic heterocycles. The number of ether oxygens (including phenoxy) is 1. The standard InChI is InChI=1S/C14H23N3O2S/c1-5-14(4)9-17(6-7-19-14)13(18)16-11(3)12-15-8-10(2)20-12/h8,11H,5-7,9H2,1-4H3,(H,16,18)/t11-,14-/m1/s1. The number of hydrogen-bond acceptors (Lipinski definition) is 4. The number of hydrogen-bond donors (Lipinski definition) is 1. The lowest BCUT2D eigenvalue weighted by molar-refractivity contribution is -0.0874. The maximum Gasteiger partial charge on any atom is 0.318 e. The van der Waals surface area contributed by atoms with Crippen LogP contribution in [0.25, 0.3) is 0 Å². The Kier molecular flexibility index (Phi) is 4.65. The van der Waals surface area contributed by atoms with Crippen molar-refractivity contribution in [3.05, 3.63) is 16.1 Å². The fourth-order valence-electron chi connectivity index (χ4n) is 2.23. The van der Waals surface area contributed by atoms with E-state index in [2.05, 4.69) is 24.1 Å². The van der Waals surface area contributed by atoms with Crippen molar-refractivity contribution in [2.45, 2.75) is 45.8 Å². The fraction of sp³-hybridized carbons (Fsp3) is 0.714. The molecular formula is C14H23N3O2S. The van der Waals surface area contributed by atoms with Crippen LogP contribution in [0, 0.1) is 6.92 Å². The molecule has 1 aliphatic rings. The van der Waals surface area contributed by atoms with Gasteiger partial charge < -0.3 is 15.0 Å². The van der Waals surface area contributed by atoms with E-state index in [0.29, 0.717) is 19.7 Å². The van der Waals surface area contributed by atoms with Crippen molar-refractivity contribution < 1.29 is 9.53 Å². The summed E-state index contributed by atoms with van der Waals surface area (Å²) >= 11 is 1.62. The van der Waals surface area contributed by atoms with Crippen LogP contribution in [0.2, 0.25) is 0 Å². The zero-order valence-corrected chi connectivity index (χ0v) is 13.4. The van der Waals surface area contributed by atoms with Gasteiger partial charge in [0.2, 0.25) is 0 Å². The van der Waals surface area contributed by atoms with Gasteiger partial charge in [-0.25, -0.2) is 9.78 Å². The molecule has 0 aliphatic carbocycles. The zero-order valence-electron chi connectivity index (χ0n) is 12.6. The van der Waals surface area contributed by atoms with E-state index in [0.717, 1.165) is 16.3 Å². The molecule has 112 valence electrons. The molecule has 0 radical (unpaired) electrons. The lowest BCUT2D eigenvalue weighted by Crippen LogP contribution is -2.54. The van der Waals surface area contributed by atoms with Gasteiger partial charge in [0.05, 0.1) is 24.8 Å². The lowest BCUT2D eigenvalue weighted by atomic mass is 10.0. The highest BCUT2D eigenvalue weighted by Gasteiger charge is 2.33. The molecule has 20 heavy (non-hydrogen) atoms. The smallest absolute Gasteiger partial charge is 0.318 e. The van der Waals surface area contributed by atoms with E-state index in [9.17, 15) is 4.79 Å². The Morgan fingerprint density at radius 3 is 3.05 bits per heavy atom. The largest absolute Gasteiger partial charge is 0.372 e. The number of aryl methyl sites for hydroxylation is 1. The lowest BCUT2D eigenvalue weighted by Gasteiger charge is -2.40. The Morgan fingerprint density at radius 2 is 2.45 bits per heavy atom. The Balaban J connectivity index is 1.94. The Hall–Kier alpha value is -1.14. The summed E-state index contributed by atoms with van der Waals surface area (Å²) in [5.74, 6) is 0. The van der Waals surface area contributed by atoms with E-state index in [4.69, 9.17) is 4.74 Å². The van der Waals surface area contributed by atoms with Gasteiger partial charge in [-0.2, -0.15) is 0 Å². The third-order valence-corrected chi connectivity index (χ3v) is 4.82. The molecule has 1 N–H and O–H groups in total. The maximum atomic E-state index is 12.3. The molecule has 0 spiro atoms. The van der Waals surface area contributed by atoms with Gasteiger partial charge in [-0.1, -0.05) is 6.92 Å². The van der Waals surface area contributed by atoms with Crippen molar-refractivity contribution in [3.63, 3.8) is 0 Å². The summed E-state index contributed by atoms with van der Waals surface area (Å²) in [5, 5.41) is 3.97. The van der Waals surface area contributed by atoms with Crippen molar-refractivity contribution in [3.8, 4) is 0 Å². The maximum absolute atomic E-state index is 12.3. The number of amides is 2. The molecule has 1 aromatic rings. The van der Waals surface area contributed by atoms with Crippen LogP contribution in [0.3, 0.4) is 0 Å². The number of nitrogens with one attached hydrogen (secondary N) is 1. The van der Waals surface area contributed by atoms with Gasteiger partial charge in [-0.15, -0.1) is 11.3 Å². The molecule has 2 amide bonds. The second-order valence-electron chi connectivity index (χ2n) is 5.55. The second-order valence-corrected chi connectivity index (χ2v) is 6.82. The number of nitrogens with zero attached hydrogens (tertiary/aromatic N) is 2. The predicted octanol–water partition coefficient (Wildman–Crippen LogP) is 2.72. The minimum atomic E-state index is -0.226. The van der Waals surface area contributed by atoms with Crippen LogP contribution in [0.15, 0.2) is 6.20 Å². The summed E-state index contributed by atoms with van der Waals surface area (Å²) in [6, 6.07) is -0.0924. The molecule has 2 atom stereocenters. The molecule has 6 heteroatoms. The molecule has 0 unspecified atom stereocenters. The minimum Gasteiger partial charge on any atom is -0.372 e. The SMILES string of the molecule is CC[C@]1(C)CN(C(=O)N[C@H](C)c2ncc(C)s2)CCO1. The first-order chi connectivity index (χ1) is 9.43. The average molecular weight is 297 g/mol. The topological polar surface area (TPSA) is 54.5 Å². The quantitative estimate of drug-likeness (QED) is 0.933. The van der Waals surface area contributed by atoms with Gasteiger partial charge in [-0.3, -0.25) is 0 Å². The first kappa shape index (κ1) is 15.3. The Labute approximate surface area is 124 Å². The molecule has 0 bridgehead atoms. The third-order valence-electron chi connectivity index (χ3n) is 3.72. The van der Waals surface area contributed by atoms with Gasteiger partial charge in [0.25, 0.3) is 0 Å². The molecule has 0 saturated carbocycles. The number of morpholine rings is 1. The van der Waals surface area contributed by atoms with E-state index in [1.165, 1.54) is 0 Å². The normalized spacial score (nSPS) is 24.5. The van der Waals surface area contributed by atoms with Crippen LogP contribution in [0.1, 0.15) is 43.1 Å². The minimum absolute atomic E-state index is 0.0340. The van der Waals surface area contributed by atoms with Crippen molar-refractivity contribution in [2.75, 3.05) is 19.7 Å². The zero-order chi connectivity index (χ0) is 14.8. The summed E-state index contributed by atoms with van der Waals surface area (Å²) in [6.07, 6.45) is 2.74. The summed E-state index contributed by atoms with van der Waals surface area (Å²) in [7, 11) is 0. The van der Waals surface area contributed by atoms with Gasteiger partial charge in [-0.05, 0) is 27.2 Å². The van der Waals surface area contributed by atoms with E-state index in [-0.39, 0.29) is 17.7 Å². The van der Waals surface area contributed by atoms with Crippen LogP contribution >= 0.6 is 11.3 Å². The molecule has 2 heterocycles. The van der Waals surface area contributed by atoms with Crippen LogP contribution in [0.5, 0.6) is 0 Å². The Morgan fingerprint density at radius 1 is 1.70 bits per heavy atom. The molecule has 2 rings (SSSR count). The van der Waals surface area contributed by atoms with Gasteiger partial charge in [0.1, 0.15) is 5.01 Å². The van der Waals surface area contributed by atoms with Crippen molar-refractivity contribution in [1.82, 2.24) is 15.2 Å². The van der Waals surface area contributed by atoms with Crippen LogP contribution in [0.4, 0.5) is 4.79 Å².